The molecule has 2 rings (SSSR count). The van der Waals surface area contributed by atoms with E-state index in [0.29, 0.717) is 11.6 Å². The van der Waals surface area contributed by atoms with Gasteiger partial charge < -0.3 is 10.6 Å². The van der Waals surface area contributed by atoms with Crippen LogP contribution in [0.1, 0.15) is 49.9 Å². The van der Waals surface area contributed by atoms with Gasteiger partial charge in [0.15, 0.2) is 0 Å². The number of pyridine rings is 1. The van der Waals surface area contributed by atoms with Gasteiger partial charge in [-0.3, -0.25) is 4.79 Å². The number of nitrogens with zero attached hydrogens (tertiary/aromatic N) is 1. The lowest BCUT2D eigenvalue weighted by Gasteiger charge is -2.16. The Labute approximate surface area is 115 Å². The maximum atomic E-state index is 12.2. The minimum atomic E-state index is 0.00838. The predicted molar refractivity (Wildman–Crippen MR) is 77.3 cm³/mol. The van der Waals surface area contributed by atoms with E-state index in [9.17, 15) is 4.79 Å². The molecule has 0 spiro atoms. The van der Waals surface area contributed by atoms with E-state index in [2.05, 4.69) is 22.5 Å². The van der Waals surface area contributed by atoms with Crippen LogP contribution in [0.5, 0.6) is 0 Å². The monoisotopic (exact) mass is 261 g/mol. The molecule has 19 heavy (non-hydrogen) atoms. The second kappa shape index (κ2) is 6.55. The zero-order valence-corrected chi connectivity index (χ0v) is 11.8. The molecule has 4 heteroatoms. The Morgan fingerprint density at radius 2 is 2.26 bits per heavy atom. The molecule has 1 aliphatic rings. The third-order valence-electron chi connectivity index (χ3n) is 3.52. The molecule has 0 radical (unpaired) electrons. The van der Waals surface area contributed by atoms with Crippen molar-refractivity contribution in [1.29, 1.82) is 0 Å². The van der Waals surface area contributed by atoms with Crippen LogP contribution in [0, 0.1) is 5.92 Å². The molecule has 104 valence electrons. The number of hydrogen-bond acceptors (Lipinski definition) is 3. The van der Waals surface area contributed by atoms with Crippen molar-refractivity contribution >= 4 is 11.7 Å². The molecule has 1 amide bonds. The Morgan fingerprint density at radius 3 is 2.89 bits per heavy atom. The summed E-state index contributed by atoms with van der Waals surface area (Å²) < 4.78 is 0. The third-order valence-corrected chi connectivity index (χ3v) is 3.52. The first kappa shape index (κ1) is 13.8. The molecule has 0 bridgehead atoms. The minimum absolute atomic E-state index is 0.00838. The van der Waals surface area contributed by atoms with Crippen LogP contribution >= 0.6 is 0 Å². The highest BCUT2D eigenvalue weighted by atomic mass is 16.1. The molecule has 4 nitrogen and oxygen atoms in total. The average Bonchev–Trinajstić information content (AvgIpc) is 3.22. The Morgan fingerprint density at radius 1 is 1.47 bits per heavy atom. The van der Waals surface area contributed by atoms with Gasteiger partial charge in [0.05, 0.1) is 0 Å². The molecule has 1 fully saturated rings. The first-order valence-corrected chi connectivity index (χ1v) is 7.23. The van der Waals surface area contributed by atoms with Gasteiger partial charge in [0.25, 0.3) is 5.91 Å². The van der Waals surface area contributed by atoms with Crippen molar-refractivity contribution in [2.75, 3.05) is 11.9 Å². The summed E-state index contributed by atoms with van der Waals surface area (Å²) in [7, 11) is 0. The molecular weight excluding hydrogens is 238 g/mol. The Bertz CT molecular complexity index is 429. The molecule has 0 aliphatic heterocycles. The zero-order chi connectivity index (χ0) is 13.7. The average molecular weight is 261 g/mol. The van der Waals surface area contributed by atoms with Gasteiger partial charge in [-0.2, -0.15) is 0 Å². The van der Waals surface area contributed by atoms with Crippen LogP contribution in [0.4, 0.5) is 5.82 Å². The fourth-order valence-corrected chi connectivity index (χ4v) is 2.20. The first-order valence-electron chi connectivity index (χ1n) is 7.23. The summed E-state index contributed by atoms with van der Waals surface area (Å²) in [5.41, 5.74) is 0.681. The lowest BCUT2D eigenvalue weighted by molar-refractivity contribution is 0.0932. The van der Waals surface area contributed by atoms with Crippen molar-refractivity contribution in [2.24, 2.45) is 5.92 Å². The van der Waals surface area contributed by atoms with Gasteiger partial charge in [0, 0.05) is 24.3 Å². The standard InChI is InChI=1S/C15H23N3O/c1-3-13(9-11-5-6-11)18-15(19)12-7-8-17-14(10-12)16-4-2/h7-8,10-11,13H,3-6,9H2,1-2H3,(H,16,17)(H,18,19). The molecule has 1 aromatic rings. The number of nitrogens with one attached hydrogen (secondary N) is 2. The molecule has 1 aromatic heterocycles. The zero-order valence-electron chi connectivity index (χ0n) is 11.8. The summed E-state index contributed by atoms with van der Waals surface area (Å²) in [5, 5.41) is 6.25. The molecule has 1 saturated carbocycles. The number of anilines is 1. The summed E-state index contributed by atoms with van der Waals surface area (Å²) in [6.45, 7) is 4.94. The van der Waals surface area contributed by atoms with Crippen LogP contribution in [-0.4, -0.2) is 23.5 Å². The Hall–Kier alpha value is -1.58. The highest BCUT2D eigenvalue weighted by Crippen LogP contribution is 2.34. The van der Waals surface area contributed by atoms with Crippen LogP contribution in [0.3, 0.4) is 0 Å². The van der Waals surface area contributed by atoms with E-state index in [1.165, 1.54) is 12.8 Å². The van der Waals surface area contributed by atoms with Crippen molar-refractivity contribution in [3.05, 3.63) is 23.9 Å². The van der Waals surface area contributed by atoms with Crippen molar-refractivity contribution in [3.8, 4) is 0 Å². The van der Waals surface area contributed by atoms with Crippen LogP contribution in [0.2, 0.25) is 0 Å². The summed E-state index contributed by atoms with van der Waals surface area (Å²) in [4.78, 5) is 16.4. The molecule has 1 heterocycles. The SMILES string of the molecule is CCNc1cc(C(=O)NC(CC)CC2CC2)ccn1. The summed E-state index contributed by atoms with van der Waals surface area (Å²) >= 11 is 0. The molecular formula is C15H23N3O. The van der Waals surface area contributed by atoms with Crippen LogP contribution < -0.4 is 10.6 Å². The minimum Gasteiger partial charge on any atom is -0.370 e. The van der Waals surface area contributed by atoms with Gasteiger partial charge in [-0.1, -0.05) is 19.8 Å². The fraction of sp³-hybridized carbons (Fsp3) is 0.600. The van der Waals surface area contributed by atoms with Gasteiger partial charge in [-0.05, 0) is 37.8 Å². The third kappa shape index (κ3) is 4.23. The van der Waals surface area contributed by atoms with Crippen LogP contribution in [0.25, 0.3) is 0 Å². The first-order chi connectivity index (χ1) is 9.22. The summed E-state index contributed by atoms with van der Waals surface area (Å²) in [6.07, 6.45) is 6.44. The molecule has 1 unspecified atom stereocenters. The molecule has 1 atom stereocenters. The second-order valence-corrected chi connectivity index (χ2v) is 5.22. The van der Waals surface area contributed by atoms with Gasteiger partial charge in [-0.15, -0.1) is 0 Å². The highest BCUT2D eigenvalue weighted by molar-refractivity contribution is 5.94. The van der Waals surface area contributed by atoms with Gasteiger partial charge in [-0.25, -0.2) is 4.98 Å². The highest BCUT2D eigenvalue weighted by Gasteiger charge is 2.25. The van der Waals surface area contributed by atoms with E-state index >= 15 is 0 Å². The Kier molecular flexibility index (Phi) is 4.77. The fourth-order valence-electron chi connectivity index (χ4n) is 2.20. The summed E-state index contributed by atoms with van der Waals surface area (Å²) in [6, 6.07) is 3.87. The van der Waals surface area contributed by atoms with E-state index in [-0.39, 0.29) is 5.91 Å². The molecule has 0 saturated heterocycles. The van der Waals surface area contributed by atoms with Crippen molar-refractivity contribution in [2.45, 2.75) is 45.6 Å². The van der Waals surface area contributed by atoms with Crippen LogP contribution in [-0.2, 0) is 0 Å². The number of amides is 1. The summed E-state index contributed by atoms with van der Waals surface area (Å²) in [5.74, 6) is 1.60. The van der Waals surface area contributed by atoms with Gasteiger partial charge in [0.2, 0.25) is 0 Å². The van der Waals surface area contributed by atoms with E-state index < -0.39 is 0 Å². The Balaban J connectivity index is 1.95. The largest absolute Gasteiger partial charge is 0.370 e. The van der Waals surface area contributed by atoms with Gasteiger partial charge >= 0.3 is 0 Å². The number of carbonyl (C=O) groups excluding carboxylic acids is 1. The van der Waals surface area contributed by atoms with Gasteiger partial charge in [0.1, 0.15) is 5.82 Å². The van der Waals surface area contributed by atoms with E-state index in [0.717, 1.165) is 31.1 Å². The number of hydrogen-bond donors (Lipinski definition) is 2. The number of carbonyl (C=O) groups is 1. The quantitative estimate of drug-likeness (QED) is 0.793. The van der Waals surface area contributed by atoms with E-state index in [1.807, 2.05) is 13.0 Å². The maximum absolute atomic E-state index is 12.2. The van der Waals surface area contributed by atoms with Crippen molar-refractivity contribution in [3.63, 3.8) is 0 Å². The van der Waals surface area contributed by atoms with Crippen molar-refractivity contribution < 1.29 is 4.79 Å². The van der Waals surface area contributed by atoms with E-state index in [4.69, 9.17) is 0 Å². The lowest BCUT2D eigenvalue weighted by atomic mass is 10.1. The van der Waals surface area contributed by atoms with Crippen molar-refractivity contribution in [1.82, 2.24) is 10.3 Å². The second-order valence-electron chi connectivity index (χ2n) is 5.22. The molecule has 1 aliphatic carbocycles. The van der Waals surface area contributed by atoms with Crippen LogP contribution in [0.15, 0.2) is 18.3 Å². The maximum Gasteiger partial charge on any atom is 0.251 e. The predicted octanol–water partition coefficient (Wildman–Crippen LogP) is 2.82. The number of rotatable bonds is 7. The normalized spacial score (nSPS) is 15.9. The number of aromatic nitrogens is 1. The lowest BCUT2D eigenvalue weighted by Crippen LogP contribution is -2.34. The van der Waals surface area contributed by atoms with E-state index in [1.54, 1.807) is 12.3 Å². The topological polar surface area (TPSA) is 54.0 Å². The molecule has 2 N–H and O–H groups in total. The smallest absolute Gasteiger partial charge is 0.251 e. The molecule has 0 aromatic carbocycles.